The first-order chi connectivity index (χ1) is 8.73. The van der Waals surface area contributed by atoms with Crippen molar-refractivity contribution in [3.8, 4) is 0 Å². The number of hydrogen-bond donors (Lipinski definition) is 1. The summed E-state index contributed by atoms with van der Waals surface area (Å²) in [7, 11) is 0. The average Bonchev–Trinajstić information content (AvgIpc) is 2.21. The standard InChI is InChI=1S/C15H23NO3/c1-14(2,3)16(13(18)19)15-6-9-4-10(7-15)12(17)11(5-9)8-15/h9-11H,4-8H2,1-3H3,(H,18,19)/t9?,10-,11?,15?/m1/s1. The molecule has 4 fully saturated rings. The molecule has 0 radical (unpaired) electrons. The Morgan fingerprint density at radius 2 is 1.74 bits per heavy atom. The first-order valence-corrected chi connectivity index (χ1v) is 7.30. The van der Waals surface area contributed by atoms with Gasteiger partial charge in [0.15, 0.2) is 0 Å². The van der Waals surface area contributed by atoms with Crippen molar-refractivity contribution in [1.29, 1.82) is 0 Å². The Bertz CT molecular complexity index is 419. The molecule has 0 saturated heterocycles. The van der Waals surface area contributed by atoms with Crippen LogP contribution < -0.4 is 0 Å². The number of rotatable bonds is 1. The summed E-state index contributed by atoms with van der Waals surface area (Å²) in [5.41, 5.74) is -0.685. The van der Waals surface area contributed by atoms with E-state index >= 15 is 0 Å². The van der Waals surface area contributed by atoms with Gasteiger partial charge in [-0.25, -0.2) is 4.79 Å². The van der Waals surface area contributed by atoms with Gasteiger partial charge in [-0.05, 0) is 58.8 Å². The van der Waals surface area contributed by atoms with Crippen LogP contribution >= 0.6 is 0 Å². The minimum absolute atomic E-state index is 0.121. The molecule has 0 aliphatic heterocycles. The monoisotopic (exact) mass is 265 g/mol. The van der Waals surface area contributed by atoms with Crippen molar-refractivity contribution >= 4 is 11.9 Å². The van der Waals surface area contributed by atoms with Gasteiger partial charge >= 0.3 is 6.09 Å². The smallest absolute Gasteiger partial charge is 0.408 e. The Labute approximate surface area is 114 Å². The molecule has 4 bridgehead atoms. The Balaban J connectivity index is 1.99. The minimum atomic E-state index is -0.832. The lowest BCUT2D eigenvalue weighted by Gasteiger charge is -2.61. The summed E-state index contributed by atoms with van der Waals surface area (Å²) in [5.74, 6) is 1.20. The third-order valence-corrected chi connectivity index (χ3v) is 5.30. The average molecular weight is 265 g/mol. The van der Waals surface area contributed by atoms with Crippen molar-refractivity contribution in [2.24, 2.45) is 17.8 Å². The summed E-state index contributed by atoms with van der Waals surface area (Å²) in [6.45, 7) is 5.88. The second kappa shape index (κ2) is 3.74. The highest BCUT2D eigenvalue weighted by molar-refractivity contribution is 5.86. The van der Waals surface area contributed by atoms with Crippen LogP contribution in [0.15, 0.2) is 0 Å². The van der Waals surface area contributed by atoms with E-state index in [0.29, 0.717) is 11.7 Å². The first-order valence-electron chi connectivity index (χ1n) is 7.30. The molecule has 0 aromatic carbocycles. The van der Waals surface area contributed by atoms with Gasteiger partial charge in [0.2, 0.25) is 0 Å². The summed E-state index contributed by atoms with van der Waals surface area (Å²) >= 11 is 0. The molecule has 1 N–H and O–H groups in total. The quantitative estimate of drug-likeness (QED) is 0.793. The Kier molecular flexibility index (Phi) is 2.55. The number of ketones is 1. The highest BCUT2D eigenvalue weighted by Crippen LogP contribution is 2.57. The van der Waals surface area contributed by atoms with Gasteiger partial charge in [-0.15, -0.1) is 0 Å². The maximum Gasteiger partial charge on any atom is 0.408 e. The Hall–Kier alpha value is -1.06. The SMILES string of the molecule is CC(C)(C)N(C(=O)O)C12CC3CC(C1)C(=O)[C@H](C3)C2. The molecule has 4 saturated carbocycles. The predicted molar refractivity (Wildman–Crippen MR) is 70.9 cm³/mol. The van der Waals surface area contributed by atoms with Crippen LogP contribution in [0.1, 0.15) is 52.9 Å². The zero-order valence-electron chi connectivity index (χ0n) is 12.0. The number of carbonyl (C=O) groups is 2. The molecule has 0 aromatic rings. The van der Waals surface area contributed by atoms with Gasteiger partial charge in [0.05, 0.1) is 0 Å². The van der Waals surface area contributed by atoms with E-state index in [1.54, 1.807) is 4.90 Å². The summed E-state index contributed by atoms with van der Waals surface area (Å²) in [6.07, 6.45) is 3.62. The number of carboxylic acid groups (broad SMARTS) is 1. The van der Waals surface area contributed by atoms with E-state index in [1.807, 2.05) is 20.8 Å². The summed E-state index contributed by atoms with van der Waals surface area (Å²) < 4.78 is 0. The van der Waals surface area contributed by atoms with E-state index in [0.717, 1.165) is 32.1 Å². The van der Waals surface area contributed by atoms with Gasteiger partial charge < -0.3 is 5.11 Å². The maximum atomic E-state index is 12.2. The third-order valence-electron chi connectivity index (χ3n) is 5.30. The molecule has 19 heavy (non-hydrogen) atoms. The zero-order chi connectivity index (χ0) is 14.0. The van der Waals surface area contributed by atoms with Gasteiger partial charge in [-0.2, -0.15) is 0 Å². The second-order valence-electron chi connectivity index (χ2n) is 7.76. The van der Waals surface area contributed by atoms with Gasteiger partial charge in [0.1, 0.15) is 5.78 Å². The normalized spacial score (nSPS) is 40.6. The number of Topliss-reactive ketones (excluding diaryl/α,β-unsaturated/α-hetero) is 1. The van der Waals surface area contributed by atoms with Crippen LogP contribution in [0.4, 0.5) is 4.79 Å². The van der Waals surface area contributed by atoms with Crippen LogP contribution in [0.2, 0.25) is 0 Å². The van der Waals surface area contributed by atoms with Crippen molar-refractivity contribution in [2.45, 2.75) is 64.0 Å². The largest absolute Gasteiger partial charge is 0.465 e. The van der Waals surface area contributed by atoms with Crippen LogP contribution in [0.3, 0.4) is 0 Å². The van der Waals surface area contributed by atoms with Gasteiger partial charge in [-0.1, -0.05) is 0 Å². The van der Waals surface area contributed by atoms with Gasteiger partial charge in [-0.3, -0.25) is 9.69 Å². The molecular weight excluding hydrogens is 242 g/mol. The highest BCUT2D eigenvalue weighted by atomic mass is 16.4. The summed E-state index contributed by atoms with van der Waals surface area (Å²) in [6, 6.07) is 0. The molecule has 4 heteroatoms. The highest BCUT2D eigenvalue weighted by Gasteiger charge is 2.59. The van der Waals surface area contributed by atoms with Crippen molar-refractivity contribution in [1.82, 2.24) is 4.90 Å². The minimum Gasteiger partial charge on any atom is -0.465 e. The summed E-state index contributed by atoms with van der Waals surface area (Å²) in [5, 5.41) is 9.68. The van der Waals surface area contributed by atoms with Gasteiger partial charge in [0.25, 0.3) is 0 Å². The molecule has 0 aromatic heterocycles. The molecule has 4 nitrogen and oxygen atoms in total. The lowest BCUT2D eigenvalue weighted by atomic mass is 9.51. The van der Waals surface area contributed by atoms with Crippen LogP contribution in [-0.2, 0) is 4.79 Å². The fourth-order valence-electron chi connectivity index (χ4n) is 5.18. The van der Waals surface area contributed by atoms with E-state index in [9.17, 15) is 14.7 Å². The molecule has 1 amide bonds. The molecule has 4 rings (SSSR count). The van der Waals surface area contributed by atoms with Crippen LogP contribution in [0, 0.1) is 17.8 Å². The van der Waals surface area contributed by atoms with Crippen molar-refractivity contribution < 1.29 is 14.7 Å². The van der Waals surface area contributed by atoms with Crippen LogP contribution in [-0.4, -0.2) is 33.0 Å². The molecule has 0 heterocycles. The molecule has 4 aliphatic rings. The number of amides is 1. The lowest BCUT2D eigenvalue weighted by Crippen LogP contribution is -2.67. The van der Waals surface area contributed by atoms with Crippen LogP contribution in [0.5, 0.6) is 0 Å². The molecule has 106 valence electrons. The van der Waals surface area contributed by atoms with Crippen molar-refractivity contribution in [2.75, 3.05) is 0 Å². The van der Waals surface area contributed by atoms with Crippen LogP contribution in [0.25, 0.3) is 0 Å². The summed E-state index contributed by atoms with van der Waals surface area (Å²) in [4.78, 5) is 25.6. The Morgan fingerprint density at radius 3 is 2.16 bits per heavy atom. The fourth-order valence-corrected chi connectivity index (χ4v) is 5.18. The molecular formula is C15H23NO3. The van der Waals surface area contributed by atoms with Crippen molar-refractivity contribution in [3.63, 3.8) is 0 Å². The third kappa shape index (κ3) is 1.79. The first kappa shape index (κ1) is 12.9. The maximum absolute atomic E-state index is 12.2. The lowest BCUT2D eigenvalue weighted by molar-refractivity contribution is -0.153. The predicted octanol–water partition coefficient (Wildman–Crippen LogP) is 2.91. The topological polar surface area (TPSA) is 57.6 Å². The molecule has 4 atom stereocenters. The number of hydrogen-bond acceptors (Lipinski definition) is 2. The van der Waals surface area contributed by atoms with E-state index in [2.05, 4.69) is 0 Å². The molecule has 0 spiro atoms. The molecule has 4 aliphatic carbocycles. The fraction of sp³-hybridized carbons (Fsp3) is 0.867. The number of carbonyl (C=O) groups excluding carboxylic acids is 1. The van der Waals surface area contributed by atoms with E-state index in [-0.39, 0.29) is 17.4 Å². The second-order valence-corrected chi connectivity index (χ2v) is 7.76. The zero-order valence-corrected chi connectivity index (χ0v) is 12.0. The van der Waals surface area contributed by atoms with E-state index in [4.69, 9.17) is 0 Å². The number of nitrogens with zero attached hydrogens (tertiary/aromatic N) is 1. The Morgan fingerprint density at radius 1 is 1.21 bits per heavy atom. The molecule has 3 unspecified atom stereocenters. The van der Waals surface area contributed by atoms with Crippen molar-refractivity contribution in [3.05, 3.63) is 0 Å². The van der Waals surface area contributed by atoms with E-state index in [1.165, 1.54) is 0 Å². The van der Waals surface area contributed by atoms with E-state index < -0.39 is 11.6 Å². The van der Waals surface area contributed by atoms with Gasteiger partial charge in [0, 0.05) is 22.9 Å².